The van der Waals surface area contributed by atoms with Crippen LogP contribution in [0.2, 0.25) is 0 Å². The van der Waals surface area contributed by atoms with Gasteiger partial charge >= 0.3 is 6.09 Å². The van der Waals surface area contributed by atoms with Gasteiger partial charge in [0.1, 0.15) is 5.76 Å². The summed E-state index contributed by atoms with van der Waals surface area (Å²) in [4.78, 5) is 24.3. The predicted octanol–water partition coefficient (Wildman–Crippen LogP) is 2.70. The molecule has 1 aliphatic rings. The van der Waals surface area contributed by atoms with Gasteiger partial charge in [-0.2, -0.15) is 9.78 Å². The molecule has 0 bridgehead atoms. The number of carbonyl (C=O) groups is 2. The van der Waals surface area contributed by atoms with Crippen LogP contribution in [0.5, 0.6) is 0 Å². The number of ether oxygens (including phenoxy) is 1. The first-order valence-corrected chi connectivity index (χ1v) is 6.94. The molecule has 0 fully saturated rings. The summed E-state index contributed by atoms with van der Waals surface area (Å²) < 4.78 is 11.6. The van der Waals surface area contributed by atoms with Crippen LogP contribution < -0.4 is 0 Å². The summed E-state index contributed by atoms with van der Waals surface area (Å²) in [6.07, 6.45) is 1.95. The number of aryl methyl sites for hydroxylation is 1. The van der Waals surface area contributed by atoms with E-state index in [-0.39, 0.29) is 18.3 Å². The zero-order chi connectivity index (χ0) is 15.0. The molecule has 0 spiro atoms. The standard InChI is InChI=1S/C15H16N2O4/c1-3-20-15(19)17-11-7-10(13-5-4-6-21-13)8-12(18)14(11)9(2)16-17/h4-6,10H,3,7-8H2,1-2H3/t10-/m0/s1. The van der Waals surface area contributed by atoms with E-state index in [0.717, 1.165) is 5.76 Å². The number of hydrogen-bond acceptors (Lipinski definition) is 5. The van der Waals surface area contributed by atoms with Crippen molar-refractivity contribution in [2.45, 2.75) is 32.6 Å². The maximum Gasteiger partial charge on any atom is 0.434 e. The average Bonchev–Trinajstić information content (AvgIpc) is 3.07. The molecule has 0 aliphatic heterocycles. The first kappa shape index (κ1) is 13.6. The molecule has 6 nitrogen and oxygen atoms in total. The Morgan fingerprint density at radius 1 is 1.52 bits per heavy atom. The molecule has 110 valence electrons. The van der Waals surface area contributed by atoms with E-state index in [1.54, 1.807) is 26.2 Å². The summed E-state index contributed by atoms with van der Waals surface area (Å²) >= 11 is 0. The summed E-state index contributed by atoms with van der Waals surface area (Å²) in [5.41, 5.74) is 1.73. The van der Waals surface area contributed by atoms with E-state index in [1.165, 1.54) is 4.68 Å². The summed E-state index contributed by atoms with van der Waals surface area (Å²) in [6.45, 7) is 3.74. The lowest BCUT2D eigenvalue weighted by Gasteiger charge is -2.20. The van der Waals surface area contributed by atoms with E-state index >= 15 is 0 Å². The van der Waals surface area contributed by atoms with Crippen LogP contribution in [0.15, 0.2) is 22.8 Å². The van der Waals surface area contributed by atoms with Gasteiger partial charge < -0.3 is 9.15 Å². The molecule has 2 aromatic heterocycles. The molecule has 21 heavy (non-hydrogen) atoms. The predicted molar refractivity (Wildman–Crippen MR) is 73.5 cm³/mol. The summed E-state index contributed by atoms with van der Waals surface area (Å²) in [5, 5.41) is 4.17. The molecule has 1 atom stereocenters. The molecule has 6 heteroatoms. The Hall–Kier alpha value is -2.37. The lowest BCUT2D eigenvalue weighted by Crippen LogP contribution is -2.24. The van der Waals surface area contributed by atoms with Crippen LogP contribution >= 0.6 is 0 Å². The first-order chi connectivity index (χ1) is 10.1. The molecule has 2 heterocycles. The van der Waals surface area contributed by atoms with Gasteiger partial charge in [0.05, 0.1) is 29.8 Å². The number of carbonyl (C=O) groups excluding carboxylic acids is 2. The third-order valence-electron chi connectivity index (χ3n) is 3.69. The lowest BCUT2D eigenvalue weighted by atomic mass is 9.84. The number of furan rings is 1. The highest BCUT2D eigenvalue weighted by Gasteiger charge is 2.34. The SMILES string of the molecule is CCOC(=O)n1nc(C)c2c1C[C@H](c1ccco1)CC2=O. The number of rotatable bonds is 2. The molecule has 0 radical (unpaired) electrons. The fraction of sp³-hybridized carbons (Fsp3) is 0.400. The molecule has 0 unspecified atom stereocenters. The first-order valence-electron chi connectivity index (χ1n) is 6.94. The van der Waals surface area contributed by atoms with Gasteiger partial charge in [-0.05, 0) is 26.0 Å². The average molecular weight is 288 g/mol. The second-order valence-corrected chi connectivity index (χ2v) is 5.06. The highest BCUT2D eigenvalue weighted by Crippen LogP contribution is 2.34. The van der Waals surface area contributed by atoms with Crippen molar-refractivity contribution in [3.63, 3.8) is 0 Å². The van der Waals surface area contributed by atoms with Crippen LogP contribution in [0.4, 0.5) is 4.79 Å². The maximum atomic E-state index is 12.4. The van der Waals surface area contributed by atoms with Gasteiger partial charge in [-0.3, -0.25) is 4.79 Å². The lowest BCUT2D eigenvalue weighted by molar-refractivity contribution is 0.0958. The Morgan fingerprint density at radius 3 is 3.00 bits per heavy atom. The van der Waals surface area contributed by atoms with E-state index in [0.29, 0.717) is 29.8 Å². The van der Waals surface area contributed by atoms with Crippen molar-refractivity contribution in [1.29, 1.82) is 0 Å². The molecule has 1 aliphatic carbocycles. The molecule has 0 amide bonds. The minimum absolute atomic E-state index is 0.00861. The number of hydrogen-bond donors (Lipinski definition) is 0. The smallest absolute Gasteiger partial charge is 0.434 e. The van der Waals surface area contributed by atoms with Crippen LogP contribution in [0.1, 0.15) is 46.8 Å². The zero-order valence-electron chi connectivity index (χ0n) is 12.0. The van der Waals surface area contributed by atoms with Crippen LogP contribution in [0.25, 0.3) is 0 Å². The summed E-state index contributed by atoms with van der Waals surface area (Å²) in [7, 11) is 0. The monoisotopic (exact) mass is 288 g/mol. The van der Waals surface area contributed by atoms with Crippen molar-refractivity contribution >= 4 is 11.9 Å². The number of ketones is 1. The summed E-state index contributed by atoms with van der Waals surface area (Å²) in [6, 6.07) is 3.64. The Bertz CT molecular complexity index is 685. The maximum absolute atomic E-state index is 12.4. The van der Waals surface area contributed by atoms with Crippen LogP contribution in [0.3, 0.4) is 0 Å². The van der Waals surface area contributed by atoms with Crippen LogP contribution in [-0.4, -0.2) is 28.3 Å². The Balaban J connectivity index is 2.01. The van der Waals surface area contributed by atoms with E-state index < -0.39 is 6.09 Å². The number of nitrogens with zero attached hydrogens (tertiary/aromatic N) is 2. The van der Waals surface area contributed by atoms with E-state index in [2.05, 4.69) is 5.10 Å². The van der Waals surface area contributed by atoms with Gasteiger partial charge in [0, 0.05) is 18.8 Å². The minimum atomic E-state index is -0.547. The molecule has 0 N–H and O–H groups in total. The molecule has 0 aromatic carbocycles. The third-order valence-corrected chi connectivity index (χ3v) is 3.69. The number of Topliss-reactive ketones (excluding diaryl/α,β-unsaturated/α-hetero) is 1. The number of aromatic nitrogens is 2. The van der Waals surface area contributed by atoms with Gasteiger partial charge in [0.25, 0.3) is 0 Å². The molecule has 0 saturated heterocycles. The largest absolute Gasteiger partial charge is 0.469 e. The van der Waals surface area contributed by atoms with Crippen molar-refractivity contribution in [3.8, 4) is 0 Å². The normalized spacial score (nSPS) is 17.6. The molecular weight excluding hydrogens is 272 g/mol. The quantitative estimate of drug-likeness (QED) is 0.849. The Morgan fingerprint density at radius 2 is 2.33 bits per heavy atom. The van der Waals surface area contributed by atoms with Gasteiger partial charge in [0.15, 0.2) is 5.78 Å². The zero-order valence-corrected chi connectivity index (χ0v) is 12.0. The Labute approximate surface area is 121 Å². The van der Waals surface area contributed by atoms with E-state index in [1.807, 2.05) is 6.07 Å². The summed E-state index contributed by atoms with van der Waals surface area (Å²) in [5.74, 6) is 0.679. The van der Waals surface area contributed by atoms with E-state index in [4.69, 9.17) is 9.15 Å². The fourth-order valence-electron chi connectivity index (χ4n) is 2.82. The molecular formula is C15H16N2O4. The minimum Gasteiger partial charge on any atom is -0.469 e. The van der Waals surface area contributed by atoms with Crippen LogP contribution in [0, 0.1) is 6.92 Å². The highest BCUT2D eigenvalue weighted by molar-refractivity contribution is 6.00. The molecule has 2 aromatic rings. The van der Waals surface area contributed by atoms with Gasteiger partial charge in [-0.1, -0.05) is 0 Å². The van der Waals surface area contributed by atoms with Crippen molar-refractivity contribution in [3.05, 3.63) is 41.1 Å². The van der Waals surface area contributed by atoms with Gasteiger partial charge in [-0.15, -0.1) is 0 Å². The molecule has 3 rings (SSSR count). The van der Waals surface area contributed by atoms with Crippen molar-refractivity contribution in [1.82, 2.24) is 9.78 Å². The van der Waals surface area contributed by atoms with Gasteiger partial charge in [-0.25, -0.2) is 4.79 Å². The second-order valence-electron chi connectivity index (χ2n) is 5.06. The highest BCUT2D eigenvalue weighted by atomic mass is 16.5. The van der Waals surface area contributed by atoms with E-state index in [9.17, 15) is 9.59 Å². The van der Waals surface area contributed by atoms with Crippen molar-refractivity contribution < 1.29 is 18.7 Å². The topological polar surface area (TPSA) is 74.3 Å². The van der Waals surface area contributed by atoms with Gasteiger partial charge in [0.2, 0.25) is 0 Å². The molecule has 0 saturated carbocycles. The van der Waals surface area contributed by atoms with Crippen molar-refractivity contribution in [2.75, 3.05) is 6.61 Å². The number of fused-ring (bicyclic) bond motifs is 1. The van der Waals surface area contributed by atoms with Crippen LogP contribution in [-0.2, 0) is 11.2 Å². The third kappa shape index (κ3) is 2.26. The Kier molecular flexibility index (Phi) is 3.37. The van der Waals surface area contributed by atoms with Crippen molar-refractivity contribution in [2.24, 2.45) is 0 Å². The fourth-order valence-corrected chi connectivity index (χ4v) is 2.82. The second kappa shape index (κ2) is 5.20.